The highest BCUT2D eigenvalue weighted by atomic mass is 16.6. The number of nitrogens with zero attached hydrogens (tertiary/aromatic N) is 1. The van der Waals surface area contributed by atoms with E-state index in [1.165, 1.54) is 24.3 Å². The fourth-order valence-corrected chi connectivity index (χ4v) is 1.75. The number of rotatable bonds is 5. The largest absolute Gasteiger partial charge is 0.478 e. The van der Waals surface area contributed by atoms with E-state index in [4.69, 9.17) is 5.11 Å². The average Bonchev–Trinajstić information content (AvgIpc) is 2.45. The molecule has 0 aliphatic carbocycles. The lowest BCUT2D eigenvalue weighted by molar-refractivity contribution is -0.384. The molecule has 0 saturated carbocycles. The normalized spacial score (nSPS) is 10.0. The van der Waals surface area contributed by atoms with E-state index in [0.29, 0.717) is 12.2 Å². The van der Waals surface area contributed by atoms with Gasteiger partial charge in [-0.3, -0.25) is 10.1 Å². The van der Waals surface area contributed by atoms with Crippen molar-refractivity contribution in [1.29, 1.82) is 0 Å². The topological polar surface area (TPSA) is 92.5 Å². The highest BCUT2D eigenvalue weighted by Gasteiger charge is 2.06. The Morgan fingerprint density at radius 2 is 1.95 bits per heavy atom. The number of carboxylic acids is 1. The van der Waals surface area contributed by atoms with Crippen LogP contribution in [0, 0.1) is 10.1 Å². The Kier molecular flexibility index (Phi) is 3.95. The maximum absolute atomic E-state index is 10.8. The van der Waals surface area contributed by atoms with Gasteiger partial charge in [-0.15, -0.1) is 0 Å². The number of carboxylic acid groups (broad SMARTS) is 1. The fourth-order valence-electron chi connectivity index (χ4n) is 1.75. The van der Waals surface area contributed by atoms with Crippen molar-refractivity contribution in [3.63, 3.8) is 0 Å². The molecule has 0 spiro atoms. The lowest BCUT2D eigenvalue weighted by Gasteiger charge is -2.07. The second-order valence-electron chi connectivity index (χ2n) is 4.17. The fraction of sp³-hybridized carbons (Fsp3) is 0.0714. The summed E-state index contributed by atoms with van der Waals surface area (Å²) in [4.78, 5) is 21.1. The number of hydrogen-bond acceptors (Lipinski definition) is 4. The van der Waals surface area contributed by atoms with Crippen LogP contribution in [0.3, 0.4) is 0 Å². The highest BCUT2D eigenvalue weighted by Crippen LogP contribution is 2.16. The summed E-state index contributed by atoms with van der Waals surface area (Å²) in [5.74, 6) is -0.996. The van der Waals surface area contributed by atoms with Gasteiger partial charge in [-0.05, 0) is 23.8 Å². The third kappa shape index (κ3) is 3.32. The van der Waals surface area contributed by atoms with Crippen LogP contribution in [0.1, 0.15) is 15.9 Å². The second kappa shape index (κ2) is 5.83. The maximum Gasteiger partial charge on any atom is 0.335 e. The summed E-state index contributed by atoms with van der Waals surface area (Å²) in [6.07, 6.45) is 0. The SMILES string of the molecule is O=C(O)c1cccc(NCc2cccc([N+](=O)[O-])c2)c1. The molecule has 2 aromatic carbocycles. The van der Waals surface area contributed by atoms with Crippen LogP contribution in [0.4, 0.5) is 11.4 Å². The summed E-state index contributed by atoms with van der Waals surface area (Å²) in [5, 5.41) is 22.6. The van der Waals surface area contributed by atoms with Gasteiger partial charge in [-0.2, -0.15) is 0 Å². The van der Waals surface area contributed by atoms with Crippen LogP contribution in [0.15, 0.2) is 48.5 Å². The average molecular weight is 272 g/mol. The summed E-state index contributed by atoms with van der Waals surface area (Å²) in [7, 11) is 0. The number of hydrogen-bond donors (Lipinski definition) is 2. The van der Waals surface area contributed by atoms with Gasteiger partial charge >= 0.3 is 5.97 Å². The second-order valence-corrected chi connectivity index (χ2v) is 4.17. The zero-order chi connectivity index (χ0) is 14.5. The molecule has 102 valence electrons. The Morgan fingerprint density at radius 3 is 2.65 bits per heavy atom. The number of aromatic carboxylic acids is 1. The third-order valence-corrected chi connectivity index (χ3v) is 2.73. The number of nitro groups is 1. The van der Waals surface area contributed by atoms with Gasteiger partial charge in [0.05, 0.1) is 10.5 Å². The predicted octanol–water partition coefficient (Wildman–Crippen LogP) is 2.91. The number of anilines is 1. The first-order valence-corrected chi connectivity index (χ1v) is 5.87. The molecule has 0 unspecified atom stereocenters. The molecule has 6 heteroatoms. The monoisotopic (exact) mass is 272 g/mol. The van der Waals surface area contributed by atoms with Crippen molar-refractivity contribution in [1.82, 2.24) is 0 Å². The van der Waals surface area contributed by atoms with Crippen molar-refractivity contribution in [3.05, 3.63) is 69.8 Å². The molecule has 2 N–H and O–H groups in total. The Morgan fingerprint density at radius 1 is 1.20 bits per heavy atom. The molecule has 0 aliphatic rings. The van der Waals surface area contributed by atoms with E-state index in [9.17, 15) is 14.9 Å². The summed E-state index contributed by atoms with van der Waals surface area (Å²) in [5.41, 5.74) is 1.62. The van der Waals surface area contributed by atoms with E-state index >= 15 is 0 Å². The van der Waals surface area contributed by atoms with E-state index in [1.807, 2.05) is 0 Å². The van der Waals surface area contributed by atoms with Crippen molar-refractivity contribution in [2.75, 3.05) is 5.32 Å². The van der Waals surface area contributed by atoms with Crippen LogP contribution >= 0.6 is 0 Å². The van der Waals surface area contributed by atoms with E-state index in [-0.39, 0.29) is 11.3 Å². The molecule has 0 atom stereocenters. The van der Waals surface area contributed by atoms with Crippen LogP contribution in [0.25, 0.3) is 0 Å². The molecule has 20 heavy (non-hydrogen) atoms. The van der Waals surface area contributed by atoms with Gasteiger partial charge in [0.15, 0.2) is 0 Å². The van der Waals surface area contributed by atoms with E-state index in [1.54, 1.807) is 24.3 Å². The highest BCUT2D eigenvalue weighted by molar-refractivity contribution is 5.88. The van der Waals surface area contributed by atoms with E-state index in [0.717, 1.165) is 5.56 Å². The molecular formula is C14H12N2O4. The Bertz CT molecular complexity index is 598. The molecular weight excluding hydrogens is 260 g/mol. The number of carbonyl (C=O) groups is 1. The molecule has 6 nitrogen and oxygen atoms in total. The van der Waals surface area contributed by atoms with Gasteiger partial charge in [0, 0.05) is 24.4 Å². The molecule has 0 fully saturated rings. The molecule has 0 radical (unpaired) electrons. The number of nitro benzene ring substituents is 1. The van der Waals surface area contributed by atoms with Crippen molar-refractivity contribution in [3.8, 4) is 0 Å². The number of benzene rings is 2. The predicted molar refractivity (Wildman–Crippen MR) is 73.8 cm³/mol. The van der Waals surface area contributed by atoms with Gasteiger partial charge in [0.25, 0.3) is 5.69 Å². The van der Waals surface area contributed by atoms with Gasteiger partial charge in [-0.1, -0.05) is 18.2 Å². The Hall–Kier alpha value is -2.89. The van der Waals surface area contributed by atoms with Gasteiger partial charge in [-0.25, -0.2) is 4.79 Å². The zero-order valence-electron chi connectivity index (χ0n) is 10.4. The lowest BCUT2D eigenvalue weighted by Crippen LogP contribution is -2.02. The molecule has 0 aromatic heterocycles. The van der Waals surface area contributed by atoms with Crippen molar-refractivity contribution in [2.24, 2.45) is 0 Å². The minimum Gasteiger partial charge on any atom is -0.478 e. The first-order valence-electron chi connectivity index (χ1n) is 5.87. The Labute approximate surface area is 114 Å². The minimum atomic E-state index is -0.996. The number of non-ortho nitro benzene ring substituents is 1. The molecule has 0 saturated heterocycles. The van der Waals surface area contributed by atoms with Gasteiger partial charge < -0.3 is 10.4 Å². The Balaban J connectivity index is 2.08. The van der Waals surface area contributed by atoms with Crippen LogP contribution in [-0.2, 0) is 6.54 Å². The van der Waals surface area contributed by atoms with Crippen LogP contribution < -0.4 is 5.32 Å². The van der Waals surface area contributed by atoms with Crippen molar-refractivity contribution >= 4 is 17.3 Å². The molecule has 2 aromatic rings. The van der Waals surface area contributed by atoms with Crippen LogP contribution in [-0.4, -0.2) is 16.0 Å². The maximum atomic E-state index is 10.8. The quantitative estimate of drug-likeness (QED) is 0.644. The first-order chi connectivity index (χ1) is 9.56. The summed E-state index contributed by atoms with van der Waals surface area (Å²) >= 11 is 0. The van der Waals surface area contributed by atoms with E-state index < -0.39 is 10.9 Å². The molecule has 0 bridgehead atoms. The summed E-state index contributed by atoms with van der Waals surface area (Å²) < 4.78 is 0. The van der Waals surface area contributed by atoms with E-state index in [2.05, 4.69) is 5.32 Å². The molecule has 0 heterocycles. The molecule has 0 aliphatic heterocycles. The summed E-state index contributed by atoms with van der Waals surface area (Å²) in [6.45, 7) is 0.380. The zero-order valence-corrected chi connectivity index (χ0v) is 10.4. The molecule has 2 rings (SSSR count). The van der Waals surface area contributed by atoms with Gasteiger partial charge in [0.1, 0.15) is 0 Å². The third-order valence-electron chi connectivity index (χ3n) is 2.73. The lowest BCUT2D eigenvalue weighted by atomic mass is 10.1. The smallest absolute Gasteiger partial charge is 0.335 e. The van der Waals surface area contributed by atoms with Crippen molar-refractivity contribution < 1.29 is 14.8 Å². The van der Waals surface area contributed by atoms with Gasteiger partial charge in [0.2, 0.25) is 0 Å². The van der Waals surface area contributed by atoms with Crippen LogP contribution in [0.2, 0.25) is 0 Å². The number of nitrogens with one attached hydrogen (secondary N) is 1. The van der Waals surface area contributed by atoms with Crippen molar-refractivity contribution in [2.45, 2.75) is 6.54 Å². The molecule has 0 amide bonds. The first kappa shape index (κ1) is 13.5. The summed E-state index contributed by atoms with van der Waals surface area (Å²) in [6, 6.07) is 12.7. The van der Waals surface area contributed by atoms with Crippen LogP contribution in [0.5, 0.6) is 0 Å². The minimum absolute atomic E-state index is 0.0311. The standard InChI is InChI=1S/C14H12N2O4/c17-14(18)11-4-2-5-12(8-11)15-9-10-3-1-6-13(7-10)16(19)20/h1-8,15H,9H2,(H,17,18).